The van der Waals surface area contributed by atoms with Gasteiger partial charge in [-0.2, -0.15) is 8.42 Å². The number of carbonyl (C=O) groups is 1. The maximum absolute atomic E-state index is 12.3. The third kappa shape index (κ3) is 3.67. The van der Waals surface area contributed by atoms with Crippen molar-refractivity contribution in [2.24, 2.45) is 0 Å². The first kappa shape index (κ1) is 16.9. The lowest BCUT2D eigenvalue weighted by Gasteiger charge is -2.15. The predicted molar refractivity (Wildman–Crippen MR) is 78.4 cm³/mol. The summed E-state index contributed by atoms with van der Waals surface area (Å²) in [6.45, 7) is 8.80. The zero-order valence-corrected chi connectivity index (χ0v) is 13.6. The molecule has 0 atom stereocenters. The van der Waals surface area contributed by atoms with Gasteiger partial charge in [-0.25, -0.2) is 0 Å². The Balaban J connectivity index is 3.11. The summed E-state index contributed by atoms with van der Waals surface area (Å²) in [4.78, 5) is 11.6. The van der Waals surface area contributed by atoms with Crippen molar-refractivity contribution in [1.29, 1.82) is 0 Å². The maximum Gasteiger partial charge on any atom is 0.297 e. The number of hydrogen-bond acceptors (Lipinski definition) is 4. The highest BCUT2D eigenvalue weighted by molar-refractivity contribution is 7.86. The van der Waals surface area contributed by atoms with Gasteiger partial charge in [-0.3, -0.25) is 8.98 Å². The van der Waals surface area contributed by atoms with Crippen molar-refractivity contribution in [1.82, 2.24) is 0 Å². The molecule has 0 aliphatic heterocycles. The summed E-state index contributed by atoms with van der Waals surface area (Å²) in [5.74, 6) is -0.199. The van der Waals surface area contributed by atoms with Crippen molar-refractivity contribution in [2.45, 2.75) is 52.4 Å². The van der Waals surface area contributed by atoms with Gasteiger partial charge in [0, 0.05) is 6.42 Å². The van der Waals surface area contributed by atoms with Gasteiger partial charge in [-0.15, -0.1) is 0 Å². The molecule has 20 heavy (non-hydrogen) atoms. The molecule has 0 amide bonds. The molecule has 5 heteroatoms. The Morgan fingerprint density at radius 3 is 2.25 bits per heavy atom. The SMILES string of the molecule is CCCC(=O)COS(=O)(=O)c1c(C)cc(C)c(C)c1C. The molecule has 0 saturated heterocycles. The summed E-state index contributed by atoms with van der Waals surface area (Å²) in [5.41, 5.74) is 3.30. The third-order valence-corrected chi connectivity index (χ3v) is 5.00. The molecule has 1 rings (SSSR count). The Morgan fingerprint density at radius 1 is 1.10 bits per heavy atom. The van der Waals surface area contributed by atoms with Crippen LogP contribution in [0.2, 0.25) is 0 Å². The normalized spacial score (nSPS) is 11.7. The van der Waals surface area contributed by atoms with Gasteiger partial charge < -0.3 is 0 Å². The summed E-state index contributed by atoms with van der Waals surface area (Å²) >= 11 is 0. The van der Waals surface area contributed by atoms with Crippen molar-refractivity contribution in [2.75, 3.05) is 6.61 Å². The fourth-order valence-electron chi connectivity index (χ4n) is 2.20. The van der Waals surface area contributed by atoms with E-state index in [0.717, 1.165) is 11.1 Å². The first-order valence-corrected chi connectivity index (χ1v) is 8.10. The van der Waals surface area contributed by atoms with E-state index < -0.39 is 10.1 Å². The molecule has 4 nitrogen and oxygen atoms in total. The largest absolute Gasteiger partial charge is 0.297 e. The van der Waals surface area contributed by atoms with Crippen LogP contribution in [0.15, 0.2) is 11.0 Å². The molecular formula is C15H22O4S. The molecule has 0 heterocycles. The van der Waals surface area contributed by atoms with Gasteiger partial charge >= 0.3 is 0 Å². The van der Waals surface area contributed by atoms with E-state index in [0.29, 0.717) is 24.0 Å². The average Bonchev–Trinajstić information content (AvgIpc) is 2.34. The minimum absolute atomic E-state index is 0.185. The van der Waals surface area contributed by atoms with Crippen LogP contribution in [0.1, 0.15) is 42.0 Å². The molecule has 0 aliphatic carbocycles. The van der Waals surface area contributed by atoms with E-state index in [1.165, 1.54) is 0 Å². The molecule has 0 bridgehead atoms. The minimum atomic E-state index is -3.90. The summed E-state index contributed by atoms with van der Waals surface area (Å²) in [6.07, 6.45) is 1.02. The number of rotatable bonds is 6. The fraction of sp³-hybridized carbons (Fsp3) is 0.533. The second kappa shape index (κ2) is 6.50. The molecular weight excluding hydrogens is 276 g/mol. The van der Waals surface area contributed by atoms with Crippen LogP contribution in [0.3, 0.4) is 0 Å². The molecule has 0 saturated carbocycles. The van der Waals surface area contributed by atoms with Crippen molar-refractivity contribution in [3.8, 4) is 0 Å². The van der Waals surface area contributed by atoms with Crippen LogP contribution in [0, 0.1) is 27.7 Å². The van der Waals surface area contributed by atoms with Gasteiger partial charge in [0.25, 0.3) is 10.1 Å². The van der Waals surface area contributed by atoms with Gasteiger partial charge in [0.1, 0.15) is 11.5 Å². The molecule has 0 spiro atoms. The molecule has 0 fully saturated rings. The molecule has 0 radical (unpaired) electrons. The second-order valence-corrected chi connectivity index (χ2v) is 6.65. The molecule has 112 valence electrons. The van der Waals surface area contributed by atoms with Crippen LogP contribution >= 0.6 is 0 Å². The molecule has 1 aromatic rings. The van der Waals surface area contributed by atoms with Crippen LogP contribution < -0.4 is 0 Å². The Morgan fingerprint density at radius 2 is 1.70 bits per heavy atom. The third-order valence-electron chi connectivity index (χ3n) is 3.44. The highest BCUT2D eigenvalue weighted by Gasteiger charge is 2.23. The quantitative estimate of drug-likeness (QED) is 0.757. The lowest BCUT2D eigenvalue weighted by atomic mass is 10.0. The zero-order valence-electron chi connectivity index (χ0n) is 12.7. The lowest BCUT2D eigenvalue weighted by Crippen LogP contribution is -2.16. The summed E-state index contributed by atoms with van der Waals surface area (Å²) in [5, 5.41) is 0. The standard InChI is InChI=1S/C15H22O4S/c1-6-7-14(16)9-19-20(17,18)15-11(3)8-10(2)12(4)13(15)5/h8H,6-7,9H2,1-5H3. The second-order valence-electron chi connectivity index (χ2n) is 5.09. The Kier molecular flexibility index (Phi) is 5.48. The van der Waals surface area contributed by atoms with Crippen LogP contribution in [-0.2, 0) is 19.1 Å². The van der Waals surface area contributed by atoms with E-state index >= 15 is 0 Å². The van der Waals surface area contributed by atoms with E-state index in [1.807, 2.05) is 26.8 Å². The summed E-state index contributed by atoms with van der Waals surface area (Å²) in [6, 6.07) is 1.83. The topological polar surface area (TPSA) is 60.4 Å². The molecule has 0 aliphatic rings. The monoisotopic (exact) mass is 298 g/mol. The van der Waals surface area contributed by atoms with E-state index in [9.17, 15) is 13.2 Å². The molecule has 0 unspecified atom stereocenters. The van der Waals surface area contributed by atoms with Crippen molar-refractivity contribution in [3.05, 3.63) is 28.3 Å². The smallest absolute Gasteiger partial charge is 0.297 e. The van der Waals surface area contributed by atoms with Crippen LogP contribution in [-0.4, -0.2) is 20.8 Å². The Bertz CT molecular complexity index is 615. The van der Waals surface area contributed by atoms with Crippen LogP contribution in [0.5, 0.6) is 0 Å². The number of Topliss-reactive ketones (excluding diaryl/α,β-unsaturated/α-hetero) is 1. The molecule has 1 aromatic carbocycles. The maximum atomic E-state index is 12.3. The number of benzene rings is 1. The van der Waals surface area contributed by atoms with Gasteiger partial charge in [0.05, 0.1) is 0 Å². The van der Waals surface area contributed by atoms with Gasteiger partial charge in [-0.1, -0.05) is 13.0 Å². The molecule has 0 aromatic heterocycles. The first-order valence-electron chi connectivity index (χ1n) is 6.69. The van der Waals surface area contributed by atoms with Gasteiger partial charge in [0.2, 0.25) is 0 Å². The molecule has 0 N–H and O–H groups in total. The van der Waals surface area contributed by atoms with Crippen LogP contribution in [0.25, 0.3) is 0 Å². The summed E-state index contributed by atoms with van der Waals surface area (Å²) in [7, 11) is -3.90. The van der Waals surface area contributed by atoms with Gasteiger partial charge in [0.15, 0.2) is 5.78 Å². The van der Waals surface area contributed by atoms with E-state index in [1.54, 1.807) is 13.8 Å². The Labute approximate surface area is 121 Å². The fourth-order valence-corrected chi connectivity index (χ4v) is 3.58. The van der Waals surface area contributed by atoms with Crippen molar-refractivity contribution in [3.63, 3.8) is 0 Å². The highest BCUT2D eigenvalue weighted by atomic mass is 32.2. The number of carbonyl (C=O) groups excluding carboxylic acids is 1. The van der Waals surface area contributed by atoms with E-state index in [4.69, 9.17) is 4.18 Å². The summed E-state index contributed by atoms with van der Waals surface area (Å²) < 4.78 is 29.5. The number of ketones is 1. The van der Waals surface area contributed by atoms with E-state index in [-0.39, 0.29) is 17.3 Å². The number of hydrogen-bond donors (Lipinski definition) is 0. The Hall–Kier alpha value is -1.20. The van der Waals surface area contributed by atoms with Crippen molar-refractivity contribution < 1.29 is 17.4 Å². The van der Waals surface area contributed by atoms with Crippen LogP contribution in [0.4, 0.5) is 0 Å². The minimum Gasteiger partial charge on any atom is -0.297 e. The van der Waals surface area contributed by atoms with Gasteiger partial charge in [-0.05, 0) is 56.4 Å². The predicted octanol–water partition coefficient (Wildman–Crippen LogP) is 2.99. The van der Waals surface area contributed by atoms with Crippen molar-refractivity contribution >= 4 is 15.9 Å². The first-order chi connectivity index (χ1) is 9.20. The lowest BCUT2D eigenvalue weighted by molar-refractivity contribution is -0.121. The highest BCUT2D eigenvalue weighted by Crippen LogP contribution is 2.27. The van der Waals surface area contributed by atoms with E-state index in [2.05, 4.69) is 0 Å². The average molecular weight is 298 g/mol. The number of aryl methyl sites for hydroxylation is 2. The zero-order chi connectivity index (χ0) is 15.5.